The van der Waals surface area contributed by atoms with Gasteiger partial charge in [0.2, 0.25) is 0 Å². The molecule has 1 aliphatic carbocycles. The average Bonchev–Trinajstić information content (AvgIpc) is 2.68. The van der Waals surface area contributed by atoms with Crippen LogP contribution in [0, 0.1) is 27.7 Å². The van der Waals surface area contributed by atoms with E-state index in [1.807, 2.05) is 0 Å². The summed E-state index contributed by atoms with van der Waals surface area (Å²) >= 11 is 0. The summed E-state index contributed by atoms with van der Waals surface area (Å²) in [6.07, 6.45) is 7.95. The molecule has 0 saturated heterocycles. The van der Waals surface area contributed by atoms with Crippen LogP contribution in [0.25, 0.3) is 22.8 Å². The van der Waals surface area contributed by atoms with Crippen LogP contribution in [0.2, 0.25) is 0 Å². The fourth-order valence-electron chi connectivity index (χ4n) is 3.96. The van der Waals surface area contributed by atoms with Gasteiger partial charge in [0.05, 0.1) is 0 Å². The highest BCUT2D eigenvalue weighted by Gasteiger charge is 2.19. The zero-order valence-electron chi connectivity index (χ0n) is 17.2. The van der Waals surface area contributed by atoms with E-state index in [1.54, 1.807) is 0 Å². The Kier molecular flexibility index (Phi) is 5.08. The molecule has 0 spiro atoms. The number of hydrogen-bond donors (Lipinski definition) is 0. The molecule has 0 N–H and O–H groups in total. The molecule has 1 heterocycles. The van der Waals surface area contributed by atoms with E-state index in [-0.39, 0.29) is 5.92 Å². The minimum atomic E-state index is 0.269. The maximum absolute atomic E-state index is 4.92. The summed E-state index contributed by atoms with van der Waals surface area (Å²) < 4.78 is 0. The van der Waals surface area contributed by atoms with Crippen molar-refractivity contribution in [1.82, 2.24) is 15.0 Å². The van der Waals surface area contributed by atoms with E-state index in [1.165, 1.54) is 28.7 Å². The Labute approximate surface area is 167 Å². The van der Waals surface area contributed by atoms with Gasteiger partial charge in [-0.3, -0.25) is 0 Å². The predicted octanol–water partition coefficient (Wildman–Crippen LogP) is 6.26. The van der Waals surface area contributed by atoms with Gasteiger partial charge in [0.1, 0.15) is 5.82 Å². The number of benzene rings is 2. The number of nitrogens with zero attached hydrogens (tertiary/aromatic N) is 3. The van der Waals surface area contributed by atoms with Crippen LogP contribution in [0.15, 0.2) is 48.6 Å². The van der Waals surface area contributed by atoms with Gasteiger partial charge in [-0.2, -0.15) is 0 Å². The minimum absolute atomic E-state index is 0.269. The highest BCUT2D eigenvalue weighted by Crippen LogP contribution is 2.30. The normalized spacial score (nSPS) is 16.4. The van der Waals surface area contributed by atoms with Crippen molar-refractivity contribution in [2.45, 2.75) is 52.9 Å². The Balaban J connectivity index is 1.90. The van der Waals surface area contributed by atoms with E-state index in [0.29, 0.717) is 0 Å². The van der Waals surface area contributed by atoms with Crippen molar-refractivity contribution in [3.63, 3.8) is 0 Å². The van der Waals surface area contributed by atoms with Crippen LogP contribution in [0.3, 0.4) is 0 Å². The highest BCUT2D eigenvalue weighted by atomic mass is 15.0. The van der Waals surface area contributed by atoms with Crippen molar-refractivity contribution in [3.05, 3.63) is 76.6 Å². The van der Waals surface area contributed by atoms with E-state index >= 15 is 0 Å². The second-order valence-electron chi connectivity index (χ2n) is 7.94. The molecule has 1 atom stereocenters. The van der Waals surface area contributed by atoms with Gasteiger partial charge >= 0.3 is 0 Å². The van der Waals surface area contributed by atoms with Gasteiger partial charge in [-0.05, 0) is 58.1 Å². The van der Waals surface area contributed by atoms with Crippen LogP contribution >= 0.6 is 0 Å². The molecule has 4 rings (SSSR count). The molecule has 3 nitrogen and oxygen atoms in total. The fourth-order valence-corrected chi connectivity index (χ4v) is 3.96. The number of aryl methyl sites for hydroxylation is 4. The molecule has 0 saturated carbocycles. The second-order valence-corrected chi connectivity index (χ2v) is 7.94. The largest absolute Gasteiger partial charge is 0.212 e. The summed E-state index contributed by atoms with van der Waals surface area (Å²) in [6, 6.07) is 12.9. The lowest BCUT2D eigenvalue weighted by Crippen LogP contribution is -2.09. The van der Waals surface area contributed by atoms with E-state index in [4.69, 9.17) is 15.0 Å². The molecule has 142 valence electrons. The molecule has 1 unspecified atom stereocenters. The first-order chi connectivity index (χ1) is 13.5. The molecule has 0 fully saturated rings. The molecule has 3 aromatic rings. The lowest BCUT2D eigenvalue weighted by molar-refractivity contribution is 0.623. The summed E-state index contributed by atoms with van der Waals surface area (Å²) in [5, 5.41) is 0. The molecule has 1 aliphatic rings. The zero-order valence-corrected chi connectivity index (χ0v) is 17.2. The summed E-state index contributed by atoms with van der Waals surface area (Å²) in [5.41, 5.74) is 7.06. The third-order valence-electron chi connectivity index (χ3n) is 5.48. The Hall–Kier alpha value is -2.81. The van der Waals surface area contributed by atoms with Crippen molar-refractivity contribution < 1.29 is 0 Å². The Bertz CT molecular complexity index is 980. The maximum atomic E-state index is 4.92. The van der Waals surface area contributed by atoms with Gasteiger partial charge in [-0.25, -0.2) is 15.0 Å². The van der Waals surface area contributed by atoms with E-state index < -0.39 is 0 Å². The van der Waals surface area contributed by atoms with Gasteiger partial charge in [-0.1, -0.05) is 59.7 Å². The predicted molar refractivity (Wildman–Crippen MR) is 115 cm³/mol. The minimum Gasteiger partial charge on any atom is -0.212 e. The van der Waals surface area contributed by atoms with Crippen molar-refractivity contribution in [2.24, 2.45) is 0 Å². The summed E-state index contributed by atoms with van der Waals surface area (Å²) in [6.45, 7) is 8.49. The van der Waals surface area contributed by atoms with Gasteiger partial charge in [-0.15, -0.1) is 0 Å². The summed E-state index contributed by atoms with van der Waals surface area (Å²) in [4.78, 5) is 14.7. The number of aromatic nitrogens is 3. The summed E-state index contributed by atoms with van der Waals surface area (Å²) in [7, 11) is 0. The molecule has 0 bridgehead atoms. The highest BCUT2D eigenvalue weighted by molar-refractivity contribution is 5.66. The molecular weight excluding hydrogens is 342 g/mol. The third kappa shape index (κ3) is 3.75. The second kappa shape index (κ2) is 7.67. The molecule has 0 aliphatic heterocycles. The van der Waals surface area contributed by atoms with Gasteiger partial charge in [0.15, 0.2) is 11.6 Å². The first-order valence-electron chi connectivity index (χ1n) is 10.1. The van der Waals surface area contributed by atoms with E-state index in [0.717, 1.165) is 41.4 Å². The molecule has 2 aromatic carbocycles. The van der Waals surface area contributed by atoms with Gasteiger partial charge < -0.3 is 0 Å². The smallest absolute Gasteiger partial charge is 0.164 e. The van der Waals surface area contributed by atoms with Crippen LogP contribution < -0.4 is 0 Å². The van der Waals surface area contributed by atoms with Crippen molar-refractivity contribution >= 4 is 0 Å². The van der Waals surface area contributed by atoms with Crippen LogP contribution in [-0.2, 0) is 0 Å². The molecule has 0 radical (unpaired) electrons. The standard InChI is InChI=1S/C25H27N3/c1-16-10-12-21(18(3)14-16)24-26-23(20-8-6-5-7-9-20)27-25(28-24)22-13-11-17(2)15-19(22)4/h6,8,10-15,20H,5,7,9H2,1-4H3. The first kappa shape index (κ1) is 18.5. The van der Waals surface area contributed by atoms with Crippen molar-refractivity contribution in [2.75, 3.05) is 0 Å². The zero-order chi connectivity index (χ0) is 19.7. The Morgan fingerprint density at radius 2 is 1.32 bits per heavy atom. The van der Waals surface area contributed by atoms with Gasteiger partial charge in [0, 0.05) is 17.0 Å². The van der Waals surface area contributed by atoms with Crippen LogP contribution in [0.4, 0.5) is 0 Å². The number of allylic oxidation sites excluding steroid dienone is 2. The molecule has 1 aromatic heterocycles. The van der Waals surface area contributed by atoms with Crippen LogP contribution in [0.5, 0.6) is 0 Å². The Morgan fingerprint density at radius 3 is 1.79 bits per heavy atom. The SMILES string of the molecule is Cc1ccc(-c2nc(-c3ccc(C)cc3C)nc(C3C=CCCC3)n2)c(C)c1. The first-order valence-corrected chi connectivity index (χ1v) is 10.1. The summed E-state index contributed by atoms with van der Waals surface area (Å²) in [5.74, 6) is 2.70. The number of hydrogen-bond acceptors (Lipinski definition) is 3. The number of rotatable bonds is 3. The van der Waals surface area contributed by atoms with Gasteiger partial charge in [0.25, 0.3) is 0 Å². The average molecular weight is 370 g/mol. The lowest BCUT2D eigenvalue weighted by atomic mass is 9.95. The van der Waals surface area contributed by atoms with Crippen LogP contribution in [0.1, 0.15) is 53.3 Å². The molecule has 28 heavy (non-hydrogen) atoms. The van der Waals surface area contributed by atoms with E-state index in [2.05, 4.69) is 76.2 Å². The van der Waals surface area contributed by atoms with Crippen molar-refractivity contribution in [3.8, 4) is 22.8 Å². The fraction of sp³-hybridized carbons (Fsp3) is 0.320. The topological polar surface area (TPSA) is 38.7 Å². The lowest BCUT2D eigenvalue weighted by Gasteiger charge is -2.17. The van der Waals surface area contributed by atoms with Crippen molar-refractivity contribution in [1.29, 1.82) is 0 Å². The van der Waals surface area contributed by atoms with Crippen LogP contribution in [-0.4, -0.2) is 15.0 Å². The monoisotopic (exact) mass is 369 g/mol. The Morgan fingerprint density at radius 1 is 0.750 bits per heavy atom. The van der Waals surface area contributed by atoms with E-state index in [9.17, 15) is 0 Å². The molecule has 0 amide bonds. The third-order valence-corrected chi connectivity index (χ3v) is 5.48. The maximum Gasteiger partial charge on any atom is 0.164 e. The molecule has 3 heteroatoms. The quantitative estimate of drug-likeness (QED) is 0.511. The molecular formula is C25H27N3.